The second-order valence-electron chi connectivity index (χ2n) is 13.3. The van der Waals surface area contributed by atoms with Gasteiger partial charge in [0.05, 0.1) is 27.7 Å². The molecule has 16 heteroatoms. The molecule has 0 bridgehead atoms. The number of nitrogens with one attached hydrogen (secondary N) is 1. The number of nitrogens with zero attached hydrogens (tertiary/aromatic N) is 5. The van der Waals surface area contributed by atoms with Gasteiger partial charge in [-0.15, -0.1) is 0 Å². The summed E-state index contributed by atoms with van der Waals surface area (Å²) in [5, 5.41) is 13.0. The molecule has 282 valence electrons. The highest BCUT2D eigenvalue weighted by atomic mass is 19.4. The molecule has 7 aromatic rings. The standard InChI is InChI=1S/C41H18F10N6/c42-34-25(13-52)35(43)37(45)33(36(34)44)32(30-16-53-30)31-21-9-23(38-54-14-17-5-1-3-7-28(17)56-38)26(40(46,47)48)11-19(21)20-12-27(41(49,50)51)24(10-22(20)31)39-55-15-18-6-2-4-8-29(18)57-39/h1-12,14-15,30,53H,16H2. The summed E-state index contributed by atoms with van der Waals surface area (Å²) in [6.45, 7) is -0.0613. The molecule has 1 saturated heterocycles. The van der Waals surface area contributed by atoms with Crippen LogP contribution in [0.25, 0.3) is 66.9 Å². The van der Waals surface area contributed by atoms with E-state index in [1.807, 2.05) is 0 Å². The summed E-state index contributed by atoms with van der Waals surface area (Å²) in [5.41, 5.74) is -8.67. The van der Waals surface area contributed by atoms with E-state index in [-0.39, 0.29) is 34.3 Å². The molecule has 1 fully saturated rings. The summed E-state index contributed by atoms with van der Waals surface area (Å²) < 4.78 is 153. The van der Waals surface area contributed by atoms with E-state index in [1.165, 1.54) is 24.5 Å². The molecular formula is C41H18F10N6. The molecule has 1 atom stereocenters. The van der Waals surface area contributed by atoms with Gasteiger partial charge in [-0.3, -0.25) is 0 Å². The fourth-order valence-corrected chi connectivity index (χ4v) is 7.24. The van der Waals surface area contributed by atoms with Crippen molar-refractivity contribution in [2.75, 3.05) is 6.54 Å². The molecule has 9 rings (SSSR count). The van der Waals surface area contributed by atoms with Gasteiger partial charge in [0.1, 0.15) is 11.6 Å². The Morgan fingerprint density at radius 3 is 1.46 bits per heavy atom. The van der Waals surface area contributed by atoms with Crippen LogP contribution >= 0.6 is 0 Å². The number of hydrogen-bond acceptors (Lipinski definition) is 6. The molecule has 0 radical (unpaired) electrons. The number of fused-ring (bicyclic) bond motifs is 5. The van der Waals surface area contributed by atoms with Gasteiger partial charge < -0.3 is 5.32 Å². The third-order valence-electron chi connectivity index (χ3n) is 9.89. The summed E-state index contributed by atoms with van der Waals surface area (Å²) in [6.07, 6.45) is -7.74. The van der Waals surface area contributed by atoms with Crippen molar-refractivity contribution in [1.29, 1.82) is 5.26 Å². The van der Waals surface area contributed by atoms with Gasteiger partial charge in [0.2, 0.25) is 0 Å². The Morgan fingerprint density at radius 2 is 1.05 bits per heavy atom. The molecule has 1 N–H and O–H groups in total. The van der Waals surface area contributed by atoms with Crippen molar-refractivity contribution in [1.82, 2.24) is 25.3 Å². The van der Waals surface area contributed by atoms with E-state index in [4.69, 9.17) is 0 Å². The highest BCUT2D eigenvalue weighted by Gasteiger charge is 2.44. The predicted octanol–water partition coefficient (Wildman–Crippen LogP) is 10.3. The zero-order valence-corrected chi connectivity index (χ0v) is 28.4. The Hall–Kier alpha value is -6.73. The normalized spacial score (nSPS) is 14.8. The lowest BCUT2D eigenvalue weighted by atomic mass is 9.87. The number of para-hydroxylation sites is 2. The monoisotopic (exact) mass is 784 g/mol. The van der Waals surface area contributed by atoms with E-state index in [1.54, 1.807) is 36.4 Å². The summed E-state index contributed by atoms with van der Waals surface area (Å²) >= 11 is 0. The highest BCUT2D eigenvalue weighted by Crippen LogP contribution is 2.55. The van der Waals surface area contributed by atoms with Crippen LogP contribution in [0.2, 0.25) is 0 Å². The number of nitriles is 1. The van der Waals surface area contributed by atoms with Crippen LogP contribution in [0.4, 0.5) is 43.9 Å². The number of alkyl halides is 6. The molecule has 2 aromatic heterocycles. The molecule has 1 unspecified atom stereocenters. The maximum Gasteiger partial charge on any atom is 0.417 e. The van der Waals surface area contributed by atoms with E-state index in [0.717, 1.165) is 18.2 Å². The topological polar surface area (TPSA) is 97.3 Å². The van der Waals surface area contributed by atoms with Gasteiger partial charge in [-0.2, -0.15) is 31.6 Å². The first-order chi connectivity index (χ1) is 27.2. The number of rotatable bonds is 4. The molecular weight excluding hydrogens is 766 g/mol. The minimum atomic E-state index is -5.14. The molecule has 2 aliphatic rings. The van der Waals surface area contributed by atoms with E-state index < -0.39 is 103 Å². The van der Waals surface area contributed by atoms with Crippen LogP contribution in [-0.2, 0) is 12.4 Å². The average molecular weight is 785 g/mol. The van der Waals surface area contributed by atoms with Crippen molar-refractivity contribution in [3.63, 3.8) is 0 Å². The first-order valence-electron chi connectivity index (χ1n) is 16.9. The predicted molar refractivity (Wildman–Crippen MR) is 188 cm³/mol. The molecule has 57 heavy (non-hydrogen) atoms. The first kappa shape index (κ1) is 35.9. The third kappa shape index (κ3) is 5.76. The summed E-state index contributed by atoms with van der Waals surface area (Å²) in [7, 11) is 0. The molecule has 5 aromatic carbocycles. The quantitative estimate of drug-likeness (QED) is 0.108. The van der Waals surface area contributed by atoms with Crippen molar-refractivity contribution >= 4 is 33.0 Å². The van der Waals surface area contributed by atoms with Crippen molar-refractivity contribution in [3.05, 3.63) is 142 Å². The van der Waals surface area contributed by atoms with E-state index in [2.05, 4.69) is 25.3 Å². The van der Waals surface area contributed by atoms with Crippen molar-refractivity contribution < 1.29 is 43.9 Å². The van der Waals surface area contributed by atoms with Crippen molar-refractivity contribution in [3.8, 4) is 40.0 Å². The largest absolute Gasteiger partial charge is 0.417 e. The Morgan fingerprint density at radius 1 is 0.614 bits per heavy atom. The zero-order valence-electron chi connectivity index (χ0n) is 28.4. The SMILES string of the molecule is N#Cc1c(F)c(F)c(C(=C2c3cc(-c4ncc5ccccc5n4)c(C(F)(F)F)cc3-c3cc(C(F)(F)F)c(-c4ncc5ccccc5n4)cc32)C2CN2)c(F)c1F. The third-order valence-corrected chi connectivity index (χ3v) is 9.89. The molecule has 1 aliphatic carbocycles. The molecule has 1 aliphatic heterocycles. The highest BCUT2D eigenvalue weighted by molar-refractivity contribution is 6.13. The van der Waals surface area contributed by atoms with Gasteiger partial charge in [0, 0.05) is 46.9 Å². The van der Waals surface area contributed by atoms with Crippen LogP contribution in [0.1, 0.15) is 33.4 Å². The summed E-state index contributed by atoms with van der Waals surface area (Å²) in [6, 6.07) is 15.8. The average Bonchev–Trinajstić information content (AvgIpc) is 3.99. The number of aromatic nitrogens is 4. The zero-order chi connectivity index (χ0) is 40.1. The fraction of sp³-hybridized carbons (Fsp3) is 0.0976. The van der Waals surface area contributed by atoms with Gasteiger partial charge >= 0.3 is 12.4 Å². The summed E-state index contributed by atoms with van der Waals surface area (Å²) in [4.78, 5) is 16.9. The second kappa shape index (κ2) is 12.6. The lowest BCUT2D eigenvalue weighted by Crippen LogP contribution is -2.12. The van der Waals surface area contributed by atoms with Gasteiger partial charge in [-0.1, -0.05) is 36.4 Å². The minimum Gasteiger partial charge on any atom is -0.307 e. The van der Waals surface area contributed by atoms with Crippen LogP contribution in [-0.4, -0.2) is 32.5 Å². The van der Waals surface area contributed by atoms with E-state index in [0.29, 0.717) is 22.9 Å². The smallest absolute Gasteiger partial charge is 0.307 e. The summed E-state index contributed by atoms with van der Waals surface area (Å²) in [5.74, 6) is -8.96. The van der Waals surface area contributed by atoms with Crippen LogP contribution in [0.3, 0.4) is 0 Å². The van der Waals surface area contributed by atoms with Gasteiger partial charge in [-0.05, 0) is 69.8 Å². The van der Waals surface area contributed by atoms with Crippen molar-refractivity contribution in [2.24, 2.45) is 0 Å². The van der Waals surface area contributed by atoms with Gasteiger partial charge in [0.25, 0.3) is 0 Å². The maximum absolute atomic E-state index is 16.0. The molecule has 0 saturated carbocycles. The van der Waals surface area contributed by atoms with Gasteiger partial charge in [0.15, 0.2) is 34.9 Å². The molecule has 6 nitrogen and oxygen atoms in total. The number of benzene rings is 5. The van der Waals surface area contributed by atoms with Crippen LogP contribution in [0, 0.1) is 34.6 Å². The maximum atomic E-state index is 16.0. The lowest BCUT2D eigenvalue weighted by molar-refractivity contribution is -0.138. The van der Waals surface area contributed by atoms with Gasteiger partial charge in [-0.25, -0.2) is 37.5 Å². The minimum absolute atomic E-state index is 0.0613. The number of hydrogen-bond donors (Lipinski definition) is 1. The Bertz CT molecular complexity index is 2780. The molecule has 3 heterocycles. The molecule has 0 amide bonds. The van der Waals surface area contributed by atoms with E-state index >= 15 is 43.9 Å². The fourth-order valence-electron chi connectivity index (χ4n) is 7.24. The van der Waals surface area contributed by atoms with E-state index in [9.17, 15) is 5.26 Å². The van der Waals surface area contributed by atoms with Crippen LogP contribution < -0.4 is 5.32 Å². The van der Waals surface area contributed by atoms with Crippen molar-refractivity contribution in [2.45, 2.75) is 18.4 Å². The Kier molecular flexibility index (Phi) is 7.98. The number of halogens is 10. The Balaban J connectivity index is 1.43. The second-order valence-corrected chi connectivity index (χ2v) is 13.3. The molecule has 0 spiro atoms. The van der Waals surface area contributed by atoms with Crippen LogP contribution in [0.5, 0.6) is 0 Å². The Labute approximate surface area is 313 Å². The van der Waals surface area contributed by atoms with Crippen LogP contribution in [0.15, 0.2) is 85.2 Å². The first-order valence-corrected chi connectivity index (χ1v) is 16.9. The lowest BCUT2D eigenvalue weighted by Gasteiger charge is -2.19.